The molecule has 1 rings (SSSR count). The predicted molar refractivity (Wildman–Crippen MR) is 96.4 cm³/mol. The van der Waals surface area contributed by atoms with E-state index in [0.717, 1.165) is 19.1 Å². The molecule has 1 aromatic rings. The van der Waals surface area contributed by atoms with Gasteiger partial charge in [-0.3, -0.25) is 4.79 Å². The third-order valence-corrected chi connectivity index (χ3v) is 4.04. The first-order valence-electron chi connectivity index (χ1n) is 8.38. The summed E-state index contributed by atoms with van der Waals surface area (Å²) in [6, 6.07) is 3.25. The van der Waals surface area contributed by atoms with E-state index in [9.17, 15) is 31.2 Å². The van der Waals surface area contributed by atoms with Gasteiger partial charge in [-0.2, -0.15) is 21.6 Å². The number of ether oxygens (including phenoxy) is 2. The molecule has 0 fully saturated rings. The summed E-state index contributed by atoms with van der Waals surface area (Å²) in [6.07, 6.45) is -0.290. The normalized spacial score (nSPS) is 12.2. The molecule has 0 bridgehead atoms. The molecule has 0 aliphatic rings. The quantitative estimate of drug-likeness (QED) is 0.285. The fourth-order valence-electron chi connectivity index (χ4n) is 1.88. The van der Waals surface area contributed by atoms with Crippen molar-refractivity contribution in [2.75, 3.05) is 13.2 Å². The lowest BCUT2D eigenvalue weighted by Crippen LogP contribution is -2.33. The summed E-state index contributed by atoms with van der Waals surface area (Å²) in [5, 5.41) is 2.49. The second kappa shape index (κ2) is 9.33. The van der Waals surface area contributed by atoms with Crippen molar-refractivity contribution in [3.8, 4) is 11.5 Å². The van der Waals surface area contributed by atoms with Crippen molar-refractivity contribution in [1.29, 1.82) is 0 Å². The number of amides is 1. The number of nitrogens with one attached hydrogen (secondary N) is 1. The van der Waals surface area contributed by atoms with Crippen LogP contribution < -0.4 is 14.2 Å². The maximum Gasteiger partial charge on any atom is 0.534 e. The number of hydrogen-bond acceptors (Lipinski definition) is 7. The Morgan fingerprint density at radius 2 is 1.76 bits per heavy atom. The summed E-state index contributed by atoms with van der Waals surface area (Å²) in [6.45, 7) is 6.41. The number of alkyl halides is 3. The van der Waals surface area contributed by atoms with Gasteiger partial charge in [-0.1, -0.05) is 0 Å². The summed E-state index contributed by atoms with van der Waals surface area (Å²) < 4.78 is 74.5. The zero-order valence-electron chi connectivity index (χ0n) is 16.3. The van der Waals surface area contributed by atoms with E-state index < -0.39 is 38.9 Å². The molecule has 0 aliphatic carbocycles. The third kappa shape index (κ3) is 8.18. The second-order valence-electron chi connectivity index (χ2n) is 6.83. The number of Topliss-reactive ketones (excluding diaryl/α,β-unsaturated/α-hetero) is 1. The van der Waals surface area contributed by atoms with Crippen LogP contribution in [0.1, 0.15) is 44.5 Å². The highest BCUT2D eigenvalue weighted by Gasteiger charge is 2.49. The Kier molecular flexibility index (Phi) is 7.90. The molecule has 0 aliphatic heterocycles. The molecule has 0 radical (unpaired) electrons. The third-order valence-electron chi connectivity index (χ3n) is 3.07. The van der Waals surface area contributed by atoms with E-state index in [2.05, 4.69) is 9.50 Å². The Morgan fingerprint density at radius 1 is 1.14 bits per heavy atom. The summed E-state index contributed by atoms with van der Waals surface area (Å²) in [5.41, 5.74) is -6.64. The molecule has 0 atom stereocenters. The average molecular weight is 441 g/mol. The van der Waals surface area contributed by atoms with Gasteiger partial charge < -0.3 is 19.0 Å². The van der Waals surface area contributed by atoms with Crippen LogP contribution in [0.4, 0.5) is 18.0 Å². The number of alkyl carbamates (subject to hydrolysis) is 1. The fraction of sp³-hybridized carbons (Fsp3) is 0.529. The number of ketones is 1. The minimum absolute atomic E-state index is 0.0142. The summed E-state index contributed by atoms with van der Waals surface area (Å²) in [7, 11) is -5.95. The van der Waals surface area contributed by atoms with Gasteiger partial charge in [0.1, 0.15) is 11.4 Å². The molecule has 29 heavy (non-hydrogen) atoms. The average Bonchev–Trinajstić information content (AvgIpc) is 2.51. The van der Waals surface area contributed by atoms with E-state index in [0.29, 0.717) is 6.42 Å². The Balaban J connectivity index is 2.72. The van der Waals surface area contributed by atoms with E-state index in [1.165, 1.54) is 6.07 Å². The molecule has 0 saturated carbocycles. The molecule has 0 heterocycles. The van der Waals surface area contributed by atoms with Crippen LogP contribution in [0.15, 0.2) is 18.2 Å². The van der Waals surface area contributed by atoms with Crippen molar-refractivity contribution in [2.24, 2.45) is 0 Å². The standard InChI is InChI=1S/C17H22F3NO7S/c1-11(22)13-7-6-12(10-14(13)28-29(24,25)17(18,19)20)26-9-5-8-21-15(23)27-16(2,3)4/h6-7,10H,5,8-9H2,1-4H3,(H,21,23). The van der Waals surface area contributed by atoms with Crippen LogP contribution in [0, 0.1) is 0 Å². The van der Waals surface area contributed by atoms with E-state index in [-0.39, 0.29) is 24.5 Å². The van der Waals surface area contributed by atoms with Gasteiger partial charge in [0.15, 0.2) is 11.5 Å². The smallest absolute Gasteiger partial charge is 0.493 e. The molecule has 12 heteroatoms. The lowest BCUT2D eigenvalue weighted by molar-refractivity contribution is -0.0500. The zero-order valence-corrected chi connectivity index (χ0v) is 17.1. The molecule has 0 spiro atoms. The van der Waals surface area contributed by atoms with Gasteiger partial charge in [0.05, 0.1) is 12.2 Å². The Morgan fingerprint density at radius 3 is 2.28 bits per heavy atom. The second-order valence-corrected chi connectivity index (χ2v) is 8.37. The highest BCUT2D eigenvalue weighted by molar-refractivity contribution is 7.88. The van der Waals surface area contributed by atoms with E-state index in [4.69, 9.17) is 9.47 Å². The zero-order chi connectivity index (χ0) is 22.5. The largest absolute Gasteiger partial charge is 0.534 e. The van der Waals surface area contributed by atoms with Crippen LogP contribution in [0.3, 0.4) is 0 Å². The topological polar surface area (TPSA) is 108 Å². The minimum Gasteiger partial charge on any atom is -0.493 e. The van der Waals surface area contributed by atoms with Gasteiger partial charge in [-0.05, 0) is 46.2 Å². The van der Waals surface area contributed by atoms with Crippen molar-refractivity contribution >= 4 is 22.0 Å². The number of carbonyl (C=O) groups is 2. The summed E-state index contributed by atoms with van der Waals surface area (Å²) >= 11 is 0. The maximum absolute atomic E-state index is 12.5. The van der Waals surface area contributed by atoms with Gasteiger partial charge in [0.25, 0.3) is 0 Å². The molecular weight excluding hydrogens is 419 g/mol. The van der Waals surface area contributed by atoms with Crippen molar-refractivity contribution in [2.45, 2.75) is 45.2 Å². The molecule has 1 N–H and O–H groups in total. The highest BCUT2D eigenvalue weighted by Crippen LogP contribution is 2.31. The van der Waals surface area contributed by atoms with Gasteiger partial charge >= 0.3 is 21.7 Å². The number of hydrogen-bond donors (Lipinski definition) is 1. The van der Waals surface area contributed by atoms with Gasteiger partial charge in [0.2, 0.25) is 0 Å². The molecule has 1 aromatic carbocycles. The van der Waals surface area contributed by atoms with Gasteiger partial charge in [-0.15, -0.1) is 0 Å². The monoisotopic (exact) mass is 441 g/mol. The van der Waals surface area contributed by atoms with Crippen LogP contribution in [0.25, 0.3) is 0 Å². The lowest BCUT2D eigenvalue weighted by Gasteiger charge is -2.19. The van der Waals surface area contributed by atoms with Crippen molar-refractivity contribution in [3.63, 3.8) is 0 Å². The lowest BCUT2D eigenvalue weighted by atomic mass is 10.1. The Labute approximate surface area is 166 Å². The van der Waals surface area contributed by atoms with Crippen molar-refractivity contribution in [3.05, 3.63) is 23.8 Å². The molecule has 0 aromatic heterocycles. The van der Waals surface area contributed by atoms with E-state index in [1.807, 2.05) is 0 Å². The SMILES string of the molecule is CC(=O)c1ccc(OCCCNC(=O)OC(C)(C)C)cc1OS(=O)(=O)C(F)(F)F. The number of carbonyl (C=O) groups excluding carboxylic acids is 2. The number of benzene rings is 1. The Hall–Kier alpha value is -2.50. The first kappa shape index (κ1) is 24.5. The first-order valence-corrected chi connectivity index (χ1v) is 9.78. The number of halogens is 3. The Bertz CT molecular complexity index is 846. The molecule has 164 valence electrons. The van der Waals surface area contributed by atoms with Crippen LogP contribution >= 0.6 is 0 Å². The van der Waals surface area contributed by atoms with E-state index in [1.54, 1.807) is 20.8 Å². The minimum atomic E-state index is -5.95. The van der Waals surface area contributed by atoms with Crippen LogP contribution in [-0.2, 0) is 14.9 Å². The molecule has 0 unspecified atom stereocenters. The highest BCUT2D eigenvalue weighted by atomic mass is 32.2. The molecular formula is C17H22F3NO7S. The summed E-state index contributed by atoms with van der Waals surface area (Å²) in [4.78, 5) is 23.0. The molecule has 1 amide bonds. The van der Waals surface area contributed by atoms with Crippen molar-refractivity contribution in [1.82, 2.24) is 5.32 Å². The van der Waals surface area contributed by atoms with Crippen molar-refractivity contribution < 1.29 is 44.8 Å². The molecule has 0 saturated heterocycles. The van der Waals surface area contributed by atoms with Crippen LogP contribution in [0.2, 0.25) is 0 Å². The van der Waals surface area contributed by atoms with E-state index >= 15 is 0 Å². The number of rotatable bonds is 8. The van der Waals surface area contributed by atoms with Gasteiger partial charge in [-0.25, -0.2) is 4.79 Å². The first-order chi connectivity index (χ1) is 13.1. The van der Waals surface area contributed by atoms with Gasteiger partial charge in [0, 0.05) is 12.6 Å². The predicted octanol–water partition coefficient (Wildman–Crippen LogP) is 3.41. The van der Waals surface area contributed by atoms with Crippen LogP contribution in [-0.4, -0.2) is 44.6 Å². The molecule has 8 nitrogen and oxygen atoms in total. The fourth-order valence-corrected chi connectivity index (χ4v) is 2.35. The summed E-state index contributed by atoms with van der Waals surface area (Å²) in [5.74, 6) is -1.50. The van der Waals surface area contributed by atoms with Crippen LogP contribution in [0.5, 0.6) is 11.5 Å². The maximum atomic E-state index is 12.5.